The molecule has 4 nitrogen and oxygen atoms in total. The molecule has 6 rings (SSSR count). The molecule has 0 aliphatic rings. The molecule has 5 heteroatoms. The molecule has 0 unspecified atom stereocenters. The first kappa shape index (κ1) is 23.4. The van der Waals surface area contributed by atoms with Gasteiger partial charge in [-0.2, -0.15) is 0 Å². The van der Waals surface area contributed by atoms with Gasteiger partial charge in [0, 0.05) is 38.9 Å². The van der Waals surface area contributed by atoms with Crippen LogP contribution in [0.5, 0.6) is 0 Å². The van der Waals surface area contributed by atoms with Crippen molar-refractivity contribution in [2.24, 2.45) is 0 Å². The van der Waals surface area contributed by atoms with Crippen LogP contribution in [0.1, 0.15) is 37.4 Å². The molecule has 0 aliphatic carbocycles. The summed E-state index contributed by atoms with van der Waals surface area (Å²) in [6.45, 7) is 6.44. The van der Waals surface area contributed by atoms with E-state index in [2.05, 4.69) is 93.6 Å². The monoisotopic (exact) mass is 500 g/mol. The zero-order chi connectivity index (χ0) is 25.4. The Morgan fingerprint density at radius 2 is 1.38 bits per heavy atom. The van der Waals surface area contributed by atoms with E-state index >= 15 is 0 Å². The SMILES string of the molecule is CCCc1nc(CC)nc(-c2ccc(-c3nc(-c4ccccc4)c4sc5ccccc5c4n3)cc2)c1C. The van der Waals surface area contributed by atoms with E-state index in [1.54, 1.807) is 11.3 Å². The molecule has 0 fully saturated rings. The maximum atomic E-state index is 5.10. The minimum absolute atomic E-state index is 0.738. The molecule has 0 atom stereocenters. The molecule has 0 N–H and O–H groups in total. The molecule has 0 bridgehead atoms. The number of aryl methyl sites for hydroxylation is 2. The van der Waals surface area contributed by atoms with E-state index < -0.39 is 0 Å². The van der Waals surface area contributed by atoms with E-state index in [1.807, 2.05) is 6.07 Å². The van der Waals surface area contributed by atoms with Gasteiger partial charge in [-0.3, -0.25) is 0 Å². The molecule has 3 aromatic carbocycles. The first-order chi connectivity index (χ1) is 18.2. The van der Waals surface area contributed by atoms with Crippen LogP contribution >= 0.6 is 11.3 Å². The summed E-state index contributed by atoms with van der Waals surface area (Å²) in [5.41, 5.74) is 8.53. The Kier molecular flexibility index (Phi) is 6.23. The Morgan fingerprint density at radius 1 is 0.676 bits per heavy atom. The summed E-state index contributed by atoms with van der Waals surface area (Å²) < 4.78 is 2.35. The van der Waals surface area contributed by atoms with Crippen LogP contribution in [0.2, 0.25) is 0 Å². The summed E-state index contributed by atoms with van der Waals surface area (Å²) in [7, 11) is 0. The second-order valence-corrected chi connectivity index (χ2v) is 10.3. The number of hydrogen-bond donors (Lipinski definition) is 0. The van der Waals surface area contributed by atoms with E-state index in [9.17, 15) is 0 Å². The molecule has 37 heavy (non-hydrogen) atoms. The fraction of sp³-hybridized carbons (Fsp3) is 0.188. The Morgan fingerprint density at radius 3 is 2.14 bits per heavy atom. The zero-order valence-corrected chi connectivity index (χ0v) is 22.1. The maximum Gasteiger partial charge on any atom is 0.160 e. The van der Waals surface area contributed by atoms with E-state index in [1.165, 1.54) is 15.6 Å². The number of thiophene rings is 1. The Hall–Kier alpha value is -3.96. The van der Waals surface area contributed by atoms with Crippen molar-refractivity contribution in [2.45, 2.75) is 40.0 Å². The zero-order valence-electron chi connectivity index (χ0n) is 21.3. The van der Waals surface area contributed by atoms with Crippen LogP contribution in [-0.4, -0.2) is 19.9 Å². The highest BCUT2D eigenvalue weighted by Gasteiger charge is 2.17. The largest absolute Gasteiger partial charge is 0.238 e. The number of rotatable bonds is 6. The Balaban J connectivity index is 1.49. The van der Waals surface area contributed by atoms with Gasteiger partial charge in [0.1, 0.15) is 5.82 Å². The lowest BCUT2D eigenvalue weighted by molar-refractivity contribution is 0.824. The van der Waals surface area contributed by atoms with Gasteiger partial charge < -0.3 is 0 Å². The summed E-state index contributed by atoms with van der Waals surface area (Å²) >= 11 is 1.76. The third-order valence-electron chi connectivity index (χ3n) is 6.78. The molecular formula is C32H28N4S. The van der Waals surface area contributed by atoms with E-state index in [0.717, 1.165) is 74.9 Å². The topological polar surface area (TPSA) is 51.6 Å². The number of fused-ring (bicyclic) bond motifs is 3. The lowest BCUT2D eigenvalue weighted by Gasteiger charge is -2.12. The number of aromatic nitrogens is 4. The van der Waals surface area contributed by atoms with Crippen molar-refractivity contribution < 1.29 is 0 Å². The molecule has 0 radical (unpaired) electrons. The summed E-state index contributed by atoms with van der Waals surface area (Å²) in [6.07, 6.45) is 2.87. The molecule has 0 aliphatic heterocycles. The summed E-state index contributed by atoms with van der Waals surface area (Å²) in [4.78, 5) is 19.9. The van der Waals surface area contributed by atoms with Crippen molar-refractivity contribution in [1.29, 1.82) is 0 Å². The molecule has 0 spiro atoms. The Labute approximate surface area is 221 Å². The van der Waals surface area contributed by atoms with Crippen LogP contribution in [0.3, 0.4) is 0 Å². The van der Waals surface area contributed by atoms with Crippen LogP contribution in [0.15, 0.2) is 78.9 Å². The predicted molar refractivity (Wildman–Crippen MR) is 155 cm³/mol. The highest BCUT2D eigenvalue weighted by molar-refractivity contribution is 7.26. The van der Waals surface area contributed by atoms with Gasteiger partial charge in [-0.05, 0) is 25.0 Å². The minimum Gasteiger partial charge on any atom is -0.238 e. The quantitative estimate of drug-likeness (QED) is 0.230. The van der Waals surface area contributed by atoms with Gasteiger partial charge in [0.05, 0.1) is 21.6 Å². The average Bonchev–Trinajstić information content (AvgIpc) is 3.33. The van der Waals surface area contributed by atoms with Crippen molar-refractivity contribution in [3.8, 4) is 33.9 Å². The average molecular weight is 501 g/mol. The van der Waals surface area contributed by atoms with Crippen molar-refractivity contribution in [3.63, 3.8) is 0 Å². The van der Waals surface area contributed by atoms with Gasteiger partial charge in [0.2, 0.25) is 0 Å². The van der Waals surface area contributed by atoms with Gasteiger partial charge in [-0.1, -0.05) is 93.1 Å². The molecule has 3 heterocycles. The molecule has 3 aromatic heterocycles. The standard InChI is InChI=1S/C32H28N4S/c1-4-11-25-20(3)28(34-27(5-2)33-25)22-16-18-23(19-17-22)32-35-29(21-12-7-6-8-13-21)31-30(36-32)24-14-9-10-15-26(24)37-31/h6-10,12-19H,4-5,11H2,1-3H3. The normalized spacial score (nSPS) is 11.4. The lowest BCUT2D eigenvalue weighted by atomic mass is 10.0. The van der Waals surface area contributed by atoms with Crippen molar-refractivity contribution >= 4 is 31.6 Å². The van der Waals surface area contributed by atoms with Crippen LogP contribution in [0.25, 0.3) is 54.2 Å². The van der Waals surface area contributed by atoms with Gasteiger partial charge >= 0.3 is 0 Å². The lowest BCUT2D eigenvalue weighted by Crippen LogP contribution is -2.04. The van der Waals surface area contributed by atoms with E-state index in [4.69, 9.17) is 19.9 Å². The highest BCUT2D eigenvalue weighted by atomic mass is 32.1. The van der Waals surface area contributed by atoms with Gasteiger partial charge in [0.15, 0.2) is 5.82 Å². The molecule has 0 saturated heterocycles. The number of benzene rings is 3. The highest BCUT2D eigenvalue weighted by Crippen LogP contribution is 2.39. The van der Waals surface area contributed by atoms with Crippen molar-refractivity contribution in [2.75, 3.05) is 0 Å². The summed E-state index contributed by atoms with van der Waals surface area (Å²) in [5, 5.41) is 1.17. The third-order valence-corrected chi connectivity index (χ3v) is 7.95. The maximum absolute atomic E-state index is 5.10. The van der Waals surface area contributed by atoms with Gasteiger partial charge in [-0.15, -0.1) is 11.3 Å². The molecular weight excluding hydrogens is 472 g/mol. The fourth-order valence-corrected chi connectivity index (χ4v) is 5.98. The van der Waals surface area contributed by atoms with Crippen LogP contribution in [-0.2, 0) is 12.8 Å². The summed E-state index contributed by atoms with van der Waals surface area (Å²) in [5.74, 6) is 1.64. The third kappa shape index (κ3) is 4.30. The molecule has 182 valence electrons. The van der Waals surface area contributed by atoms with Crippen LogP contribution in [0.4, 0.5) is 0 Å². The van der Waals surface area contributed by atoms with Crippen LogP contribution in [0, 0.1) is 6.92 Å². The second kappa shape index (κ2) is 9.83. The summed E-state index contributed by atoms with van der Waals surface area (Å²) in [6, 6.07) is 27.4. The van der Waals surface area contributed by atoms with Crippen LogP contribution < -0.4 is 0 Å². The van der Waals surface area contributed by atoms with Crippen molar-refractivity contribution in [3.05, 3.63) is 95.9 Å². The second-order valence-electron chi connectivity index (χ2n) is 9.28. The first-order valence-electron chi connectivity index (χ1n) is 12.9. The van der Waals surface area contributed by atoms with Gasteiger partial charge in [0.25, 0.3) is 0 Å². The smallest absolute Gasteiger partial charge is 0.160 e. The number of nitrogens with zero attached hydrogens (tertiary/aromatic N) is 4. The van der Waals surface area contributed by atoms with Gasteiger partial charge in [-0.25, -0.2) is 19.9 Å². The minimum atomic E-state index is 0.738. The molecule has 0 saturated carbocycles. The molecule has 0 amide bonds. The first-order valence-corrected chi connectivity index (χ1v) is 13.7. The fourth-order valence-electron chi connectivity index (χ4n) is 4.82. The van der Waals surface area contributed by atoms with Crippen molar-refractivity contribution in [1.82, 2.24) is 19.9 Å². The van der Waals surface area contributed by atoms with E-state index in [-0.39, 0.29) is 0 Å². The number of hydrogen-bond acceptors (Lipinski definition) is 5. The Bertz CT molecular complexity index is 1720. The van der Waals surface area contributed by atoms with E-state index in [0.29, 0.717) is 0 Å². The molecule has 6 aromatic rings. The predicted octanol–water partition coefficient (Wildman–Crippen LogP) is 8.46.